The summed E-state index contributed by atoms with van der Waals surface area (Å²) in [7, 11) is 0. The second-order valence-electron chi connectivity index (χ2n) is 4.58. The zero-order valence-corrected chi connectivity index (χ0v) is 12.4. The minimum absolute atomic E-state index is 0.0964. The highest BCUT2D eigenvalue weighted by Crippen LogP contribution is 2.26. The van der Waals surface area contributed by atoms with Gasteiger partial charge in [0.2, 0.25) is 0 Å². The van der Waals surface area contributed by atoms with Gasteiger partial charge in [0.1, 0.15) is 16.6 Å². The molecule has 2 rings (SSSR count). The smallest absolute Gasteiger partial charge is 0.348 e. The largest absolute Gasteiger partial charge is 0.453 e. The molecule has 1 heterocycles. The number of hydrogen-bond acceptors (Lipinski definition) is 6. The second-order valence-corrected chi connectivity index (χ2v) is 5.66. The molecule has 7 heteroatoms. The van der Waals surface area contributed by atoms with Crippen molar-refractivity contribution in [2.45, 2.75) is 6.92 Å². The van der Waals surface area contributed by atoms with Gasteiger partial charge in [-0.05, 0) is 36.6 Å². The van der Waals surface area contributed by atoms with Crippen molar-refractivity contribution in [1.29, 1.82) is 10.7 Å². The number of ether oxygens (including phenoxy) is 1. The van der Waals surface area contributed by atoms with Crippen molar-refractivity contribution in [2.75, 3.05) is 6.61 Å². The van der Waals surface area contributed by atoms with E-state index in [0.717, 1.165) is 16.0 Å². The monoisotopic (exact) mass is 318 g/mol. The van der Waals surface area contributed by atoms with Gasteiger partial charge in [0.25, 0.3) is 0 Å². The summed E-state index contributed by atoms with van der Waals surface area (Å²) in [5.41, 5.74) is -0.0964. The summed E-state index contributed by atoms with van der Waals surface area (Å²) < 4.78 is 18.7. The number of nitrogens with zero attached hydrogens (tertiary/aromatic N) is 1. The second kappa shape index (κ2) is 6.45. The number of esters is 1. The number of carbonyl (C=O) groups excluding carboxylic acids is 2. The number of ketones is 1. The molecule has 0 spiro atoms. The maximum absolute atomic E-state index is 13.1. The first-order chi connectivity index (χ1) is 10.4. The molecule has 5 nitrogen and oxygen atoms in total. The molecule has 0 fully saturated rings. The SMILES string of the molecule is CC(=N)C(C#N)C(=O)COC(=O)c1cc2cc(F)ccc2s1. The highest BCUT2D eigenvalue weighted by molar-refractivity contribution is 7.20. The van der Waals surface area contributed by atoms with Crippen molar-refractivity contribution in [3.8, 4) is 6.07 Å². The lowest BCUT2D eigenvalue weighted by Crippen LogP contribution is -2.25. The van der Waals surface area contributed by atoms with Gasteiger partial charge in [-0.3, -0.25) is 4.79 Å². The summed E-state index contributed by atoms with van der Waals surface area (Å²) in [6, 6.07) is 7.33. The Balaban J connectivity index is 2.07. The summed E-state index contributed by atoms with van der Waals surface area (Å²) in [4.78, 5) is 23.8. The summed E-state index contributed by atoms with van der Waals surface area (Å²) in [6.45, 7) is 0.768. The lowest BCUT2D eigenvalue weighted by molar-refractivity contribution is -0.122. The maximum atomic E-state index is 13.1. The molecule has 1 aromatic carbocycles. The Bertz CT molecular complexity index is 807. The third-order valence-electron chi connectivity index (χ3n) is 2.91. The van der Waals surface area contributed by atoms with E-state index in [1.165, 1.54) is 25.1 Å². The number of Topliss-reactive ketones (excluding diaryl/α,β-unsaturated/α-hetero) is 1. The van der Waals surface area contributed by atoms with Crippen molar-refractivity contribution in [3.63, 3.8) is 0 Å². The lowest BCUT2D eigenvalue weighted by atomic mass is 10.0. The molecule has 0 amide bonds. The van der Waals surface area contributed by atoms with E-state index < -0.39 is 30.1 Å². The van der Waals surface area contributed by atoms with E-state index in [4.69, 9.17) is 15.4 Å². The predicted molar refractivity (Wildman–Crippen MR) is 79.6 cm³/mol. The zero-order chi connectivity index (χ0) is 16.3. The number of carbonyl (C=O) groups is 2. The van der Waals surface area contributed by atoms with Crippen LogP contribution in [0.3, 0.4) is 0 Å². The number of nitriles is 1. The van der Waals surface area contributed by atoms with Gasteiger partial charge in [0.05, 0.1) is 6.07 Å². The van der Waals surface area contributed by atoms with Crippen molar-refractivity contribution >= 4 is 38.9 Å². The molecule has 0 saturated heterocycles. The van der Waals surface area contributed by atoms with Crippen LogP contribution in [0.2, 0.25) is 0 Å². The van der Waals surface area contributed by atoms with Gasteiger partial charge in [0, 0.05) is 10.4 Å². The quantitative estimate of drug-likeness (QED) is 0.678. The predicted octanol–water partition coefficient (Wildman–Crippen LogP) is 2.95. The first kappa shape index (κ1) is 15.8. The Morgan fingerprint density at radius 2 is 2.18 bits per heavy atom. The molecule has 0 saturated carbocycles. The van der Waals surface area contributed by atoms with Gasteiger partial charge in [0.15, 0.2) is 12.4 Å². The molecular formula is C15H11FN2O3S. The van der Waals surface area contributed by atoms with E-state index in [0.29, 0.717) is 5.39 Å². The highest BCUT2D eigenvalue weighted by atomic mass is 32.1. The molecule has 112 valence electrons. The Hall–Kier alpha value is -2.59. The first-order valence-electron chi connectivity index (χ1n) is 6.26. The fourth-order valence-electron chi connectivity index (χ4n) is 1.82. The van der Waals surface area contributed by atoms with Crippen molar-refractivity contribution in [2.24, 2.45) is 5.92 Å². The van der Waals surface area contributed by atoms with Crippen LogP contribution in [0.1, 0.15) is 16.6 Å². The van der Waals surface area contributed by atoms with Gasteiger partial charge in [-0.25, -0.2) is 9.18 Å². The van der Waals surface area contributed by atoms with E-state index in [1.807, 2.05) is 0 Å². The van der Waals surface area contributed by atoms with E-state index in [-0.39, 0.29) is 10.6 Å². The molecular weight excluding hydrogens is 307 g/mol. The van der Waals surface area contributed by atoms with E-state index >= 15 is 0 Å². The Morgan fingerprint density at radius 3 is 2.82 bits per heavy atom. The van der Waals surface area contributed by atoms with Crippen LogP contribution in [0.15, 0.2) is 24.3 Å². The highest BCUT2D eigenvalue weighted by Gasteiger charge is 2.22. The van der Waals surface area contributed by atoms with Gasteiger partial charge in [-0.15, -0.1) is 11.3 Å². The molecule has 0 bridgehead atoms. The third-order valence-corrected chi connectivity index (χ3v) is 4.01. The van der Waals surface area contributed by atoms with Gasteiger partial charge >= 0.3 is 5.97 Å². The van der Waals surface area contributed by atoms with Gasteiger partial charge < -0.3 is 10.1 Å². The van der Waals surface area contributed by atoms with Crippen LogP contribution in [0.4, 0.5) is 4.39 Å². The van der Waals surface area contributed by atoms with Crippen LogP contribution in [-0.2, 0) is 9.53 Å². The van der Waals surface area contributed by atoms with Crippen LogP contribution < -0.4 is 0 Å². The zero-order valence-electron chi connectivity index (χ0n) is 11.6. The minimum atomic E-state index is -1.20. The first-order valence-corrected chi connectivity index (χ1v) is 7.07. The van der Waals surface area contributed by atoms with Crippen LogP contribution >= 0.6 is 11.3 Å². The van der Waals surface area contributed by atoms with Crippen molar-refractivity contribution < 1.29 is 18.7 Å². The van der Waals surface area contributed by atoms with Crippen molar-refractivity contribution in [1.82, 2.24) is 0 Å². The standard InChI is InChI=1S/C15H11FN2O3S/c1-8(18)11(6-17)12(19)7-21-15(20)14-5-9-4-10(16)2-3-13(9)22-14/h2-5,11,18H,7H2,1H3. The summed E-state index contributed by atoms with van der Waals surface area (Å²) in [5, 5.41) is 16.7. The molecule has 0 aliphatic heterocycles. The molecule has 1 N–H and O–H groups in total. The Labute approximate surface area is 129 Å². The number of benzene rings is 1. The summed E-state index contributed by atoms with van der Waals surface area (Å²) in [6.07, 6.45) is 0. The number of thiophene rings is 1. The average Bonchev–Trinajstić information content (AvgIpc) is 2.88. The van der Waals surface area contributed by atoms with Crippen LogP contribution in [0.25, 0.3) is 10.1 Å². The summed E-state index contributed by atoms with van der Waals surface area (Å²) >= 11 is 1.13. The Morgan fingerprint density at radius 1 is 1.45 bits per heavy atom. The van der Waals surface area contributed by atoms with Gasteiger partial charge in [-0.2, -0.15) is 5.26 Å². The molecule has 22 heavy (non-hydrogen) atoms. The third kappa shape index (κ3) is 3.35. The molecule has 1 aromatic heterocycles. The molecule has 2 aromatic rings. The topological polar surface area (TPSA) is 91.0 Å². The number of fused-ring (bicyclic) bond motifs is 1. The summed E-state index contributed by atoms with van der Waals surface area (Å²) in [5.74, 6) is -2.96. The molecule has 1 unspecified atom stereocenters. The van der Waals surface area contributed by atoms with Crippen LogP contribution in [0.5, 0.6) is 0 Å². The fourth-order valence-corrected chi connectivity index (χ4v) is 2.75. The van der Waals surface area contributed by atoms with Crippen LogP contribution in [0, 0.1) is 28.5 Å². The molecule has 0 aliphatic rings. The molecule has 0 aliphatic carbocycles. The Kier molecular flexibility index (Phi) is 4.63. The van der Waals surface area contributed by atoms with Gasteiger partial charge in [-0.1, -0.05) is 0 Å². The number of rotatable bonds is 5. The number of nitrogens with one attached hydrogen (secondary N) is 1. The fraction of sp³-hybridized carbons (Fsp3) is 0.200. The van der Waals surface area contributed by atoms with E-state index in [2.05, 4.69) is 0 Å². The number of hydrogen-bond donors (Lipinski definition) is 1. The van der Waals surface area contributed by atoms with E-state index in [9.17, 15) is 14.0 Å². The minimum Gasteiger partial charge on any atom is -0.453 e. The normalized spacial score (nSPS) is 11.7. The van der Waals surface area contributed by atoms with Crippen molar-refractivity contribution in [3.05, 3.63) is 35.0 Å². The van der Waals surface area contributed by atoms with E-state index in [1.54, 1.807) is 12.1 Å². The lowest BCUT2D eigenvalue weighted by Gasteiger charge is -2.06. The number of halogens is 1. The maximum Gasteiger partial charge on any atom is 0.348 e. The van der Waals surface area contributed by atoms with Crippen LogP contribution in [-0.4, -0.2) is 24.1 Å². The molecule has 0 radical (unpaired) electrons. The average molecular weight is 318 g/mol. The molecule has 1 atom stereocenters.